The minimum absolute atomic E-state index is 0.101. The first-order valence-electron chi connectivity index (χ1n) is 6.73. The van der Waals surface area contributed by atoms with Gasteiger partial charge in [-0.05, 0) is 45.7 Å². The number of aryl methyl sites for hydroxylation is 3. The Kier molecular flexibility index (Phi) is 4.05. The lowest BCUT2D eigenvalue weighted by atomic mass is 9.99. The first-order chi connectivity index (χ1) is 8.97. The highest BCUT2D eigenvalue weighted by Crippen LogP contribution is 2.22. The van der Waals surface area contributed by atoms with Crippen molar-refractivity contribution >= 4 is 0 Å². The molecule has 0 bridgehead atoms. The van der Waals surface area contributed by atoms with Crippen molar-refractivity contribution < 1.29 is 4.42 Å². The van der Waals surface area contributed by atoms with Crippen LogP contribution in [0.25, 0.3) is 0 Å². The number of aromatic nitrogens is 1. The quantitative estimate of drug-likeness (QED) is 0.900. The lowest BCUT2D eigenvalue weighted by molar-refractivity contribution is 0.380. The normalized spacial score (nSPS) is 14.4. The predicted octanol–water partition coefficient (Wildman–Crippen LogP) is 4.01. The van der Waals surface area contributed by atoms with Crippen molar-refractivity contribution in [3.05, 3.63) is 52.7 Å². The van der Waals surface area contributed by atoms with Crippen LogP contribution in [0.5, 0.6) is 0 Å². The largest absolute Gasteiger partial charge is 0.444 e. The highest BCUT2D eigenvalue weighted by Gasteiger charge is 2.16. The van der Waals surface area contributed by atoms with Crippen LogP contribution in [0.15, 0.2) is 28.8 Å². The van der Waals surface area contributed by atoms with Crippen LogP contribution in [-0.2, 0) is 0 Å². The molecule has 2 unspecified atom stereocenters. The van der Waals surface area contributed by atoms with Gasteiger partial charge in [0.05, 0.1) is 12.2 Å². The lowest BCUT2D eigenvalue weighted by Crippen LogP contribution is -2.23. The maximum Gasteiger partial charge on any atom is 0.211 e. The van der Waals surface area contributed by atoms with Gasteiger partial charge in [0.1, 0.15) is 5.76 Å². The van der Waals surface area contributed by atoms with Crippen molar-refractivity contribution in [3.63, 3.8) is 0 Å². The summed E-state index contributed by atoms with van der Waals surface area (Å²) in [5.41, 5.74) is 3.92. The van der Waals surface area contributed by atoms with Gasteiger partial charge in [-0.1, -0.05) is 23.8 Å². The van der Waals surface area contributed by atoms with Crippen LogP contribution in [-0.4, -0.2) is 4.98 Å². The van der Waals surface area contributed by atoms with Gasteiger partial charge in [0, 0.05) is 6.04 Å². The Morgan fingerprint density at radius 1 is 1.11 bits per heavy atom. The van der Waals surface area contributed by atoms with Crippen molar-refractivity contribution in [2.75, 3.05) is 0 Å². The molecule has 0 saturated carbocycles. The zero-order valence-corrected chi connectivity index (χ0v) is 12.3. The molecule has 2 aromatic rings. The van der Waals surface area contributed by atoms with Crippen molar-refractivity contribution in [2.24, 2.45) is 0 Å². The maximum atomic E-state index is 5.56. The second-order valence-corrected chi connectivity index (χ2v) is 5.28. The van der Waals surface area contributed by atoms with Crippen LogP contribution >= 0.6 is 0 Å². The fraction of sp³-hybridized carbons (Fsp3) is 0.438. The highest BCUT2D eigenvalue weighted by molar-refractivity contribution is 5.32. The number of hydrogen-bond donors (Lipinski definition) is 1. The van der Waals surface area contributed by atoms with Gasteiger partial charge >= 0.3 is 0 Å². The van der Waals surface area contributed by atoms with E-state index < -0.39 is 0 Å². The van der Waals surface area contributed by atoms with Gasteiger partial charge in [-0.25, -0.2) is 4.98 Å². The summed E-state index contributed by atoms with van der Waals surface area (Å²) in [6.07, 6.45) is 1.76. The van der Waals surface area contributed by atoms with Crippen molar-refractivity contribution in [3.8, 4) is 0 Å². The molecule has 0 amide bonds. The molecule has 19 heavy (non-hydrogen) atoms. The zero-order chi connectivity index (χ0) is 14.0. The average molecular weight is 258 g/mol. The van der Waals surface area contributed by atoms with Crippen LogP contribution in [0, 0.1) is 20.8 Å². The standard InChI is InChI=1S/C16H22N2O/c1-10-6-7-11(2)15(8-10)13(4)18-14(5)16-17-9-12(3)19-16/h6-9,13-14,18H,1-5H3. The Bertz CT molecular complexity index is 560. The van der Waals surface area contributed by atoms with E-state index in [0.29, 0.717) is 0 Å². The molecule has 0 aliphatic rings. The molecule has 0 aliphatic heterocycles. The van der Waals surface area contributed by atoms with E-state index in [4.69, 9.17) is 4.42 Å². The van der Waals surface area contributed by atoms with Crippen LogP contribution in [0.2, 0.25) is 0 Å². The van der Waals surface area contributed by atoms with Crippen molar-refractivity contribution in [1.29, 1.82) is 0 Å². The summed E-state index contributed by atoms with van der Waals surface area (Å²) >= 11 is 0. The number of hydrogen-bond acceptors (Lipinski definition) is 3. The van der Waals surface area contributed by atoms with Gasteiger partial charge in [0.2, 0.25) is 5.89 Å². The molecular weight excluding hydrogens is 236 g/mol. The second kappa shape index (κ2) is 5.57. The zero-order valence-electron chi connectivity index (χ0n) is 12.3. The van der Waals surface area contributed by atoms with Gasteiger partial charge in [-0.2, -0.15) is 0 Å². The summed E-state index contributed by atoms with van der Waals surface area (Å²) in [6, 6.07) is 6.92. The maximum absolute atomic E-state index is 5.56. The van der Waals surface area contributed by atoms with E-state index in [1.807, 2.05) is 6.92 Å². The van der Waals surface area contributed by atoms with Gasteiger partial charge < -0.3 is 4.42 Å². The van der Waals surface area contributed by atoms with E-state index in [0.717, 1.165) is 11.7 Å². The van der Waals surface area contributed by atoms with Gasteiger partial charge in [0.25, 0.3) is 0 Å². The summed E-state index contributed by atoms with van der Waals surface area (Å²) in [7, 11) is 0. The molecule has 1 heterocycles. The fourth-order valence-electron chi connectivity index (χ4n) is 2.33. The van der Waals surface area contributed by atoms with E-state index >= 15 is 0 Å². The molecule has 0 radical (unpaired) electrons. The lowest BCUT2D eigenvalue weighted by Gasteiger charge is -2.20. The third-order valence-electron chi connectivity index (χ3n) is 3.41. The molecule has 1 aromatic heterocycles. The first kappa shape index (κ1) is 13.8. The molecule has 1 N–H and O–H groups in total. The third kappa shape index (κ3) is 3.24. The Hall–Kier alpha value is -1.61. The molecular formula is C16H22N2O. The SMILES string of the molecule is Cc1ccc(C)c(C(C)NC(C)c2ncc(C)o2)c1. The Balaban J connectivity index is 2.12. The summed E-state index contributed by atoms with van der Waals surface area (Å²) < 4.78 is 5.56. The molecule has 0 aliphatic carbocycles. The molecule has 0 saturated heterocycles. The van der Waals surface area contributed by atoms with Crippen LogP contribution < -0.4 is 5.32 Å². The van der Waals surface area contributed by atoms with Crippen LogP contribution in [0.4, 0.5) is 0 Å². The number of nitrogens with one attached hydrogen (secondary N) is 1. The minimum Gasteiger partial charge on any atom is -0.444 e. The summed E-state index contributed by atoms with van der Waals surface area (Å²) in [4.78, 5) is 4.27. The summed E-state index contributed by atoms with van der Waals surface area (Å²) in [5.74, 6) is 1.60. The minimum atomic E-state index is 0.101. The first-order valence-corrected chi connectivity index (χ1v) is 6.73. The molecule has 3 heteroatoms. The highest BCUT2D eigenvalue weighted by atomic mass is 16.4. The number of nitrogens with zero attached hydrogens (tertiary/aromatic N) is 1. The van der Waals surface area contributed by atoms with E-state index in [1.165, 1.54) is 16.7 Å². The molecule has 2 atom stereocenters. The Morgan fingerprint density at radius 2 is 1.84 bits per heavy atom. The van der Waals surface area contributed by atoms with Crippen LogP contribution in [0.1, 0.15) is 54.3 Å². The number of benzene rings is 1. The molecule has 0 spiro atoms. The predicted molar refractivity (Wildman–Crippen MR) is 77.1 cm³/mol. The summed E-state index contributed by atoms with van der Waals surface area (Å²) in [6.45, 7) is 10.4. The fourth-order valence-corrected chi connectivity index (χ4v) is 2.33. The molecule has 102 valence electrons. The van der Waals surface area contributed by atoms with Gasteiger partial charge in [-0.3, -0.25) is 5.32 Å². The monoisotopic (exact) mass is 258 g/mol. The average Bonchev–Trinajstić information content (AvgIpc) is 2.79. The van der Waals surface area contributed by atoms with E-state index in [9.17, 15) is 0 Å². The second-order valence-electron chi connectivity index (χ2n) is 5.28. The molecule has 2 rings (SSSR count). The van der Waals surface area contributed by atoms with E-state index in [1.54, 1.807) is 6.20 Å². The van der Waals surface area contributed by atoms with E-state index in [2.05, 4.69) is 56.2 Å². The van der Waals surface area contributed by atoms with Crippen molar-refractivity contribution in [1.82, 2.24) is 10.3 Å². The van der Waals surface area contributed by atoms with E-state index in [-0.39, 0.29) is 12.1 Å². The number of rotatable bonds is 4. The number of oxazole rings is 1. The molecule has 0 fully saturated rings. The van der Waals surface area contributed by atoms with Crippen LogP contribution in [0.3, 0.4) is 0 Å². The van der Waals surface area contributed by atoms with Crippen molar-refractivity contribution in [2.45, 2.75) is 46.7 Å². The molecule has 1 aromatic carbocycles. The smallest absolute Gasteiger partial charge is 0.211 e. The Labute approximate surface area is 115 Å². The third-order valence-corrected chi connectivity index (χ3v) is 3.41. The molecule has 3 nitrogen and oxygen atoms in total. The summed E-state index contributed by atoms with van der Waals surface area (Å²) in [5, 5.41) is 3.54. The van der Waals surface area contributed by atoms with Gasteiger partial charge in [0.15, 0.2) is 0 Å². The topological polar surface area (TPSA) is 38.1 Å². The Morgan fingerprint density at radius 3 is 2.47 bits per heavy atom. The van der Waals surface area contributed by atoms with Gasteiger partial charge in [-0.15, -0.1) is 0 Å².